The van der Waals surface area contributed by atoms with E-state index >= 15 is 0 Å². The maximum absolute atomic E-state index is 11.8. The largest absolute Gasteiger partial charge is 0.389 e. The summed E-state index contributed by atoms with van der Waals surface area (Å²) in [7, 11) is -3.28. The molecule has 0 rings (SSSR count). The van der Waals surface area contributed by atoms with Gasteiger partial charge in [-0.15, -0.1) is 0 Å². The zero-order valence-corrected chi connectivity index (χ0v) is 12.5. The minimum absolute atomic E-state index is 0.0124. The minimum Gasteiger partial charge on any atom is -0.389 e. The van der Waals surface area contributed by atoms with Gasteiger partial charge in [0, 0.05) is 6.54 Å². The van der Waals surface area contributed by atoms with Gasteiger partial charge in [0.05, 0.1) is 11.4 Å². The maximum atomic E-state index is 11.8. The van der Waals surface area contributed by atoms with Gasteiger partial charge in [-0.25, -0.2) is 13.1 Å². The van der Waals surface area contributed by atoms with E-state index in [0.717, 1.165) is 12.8 Å². The average molecular weight is 265 g/mol. The van der Waals surface area contributed by atoms with Crippen LogP contribution in [0.2, 0.25) is 0 Å². The number of nitrogens with one attached hydrogen (secondary N) is 1. The molecule has 0 saturated heterocycles. The second-order valence-corrected chi connectivity index (χ2v) is 7.15. The van der Waals surface area contributed by atoms with Crippen molar-refractivity contribution in [2.24, 2.45) is 11.8 Å². The molecule has 0 heterocycles. The number of rotatable bonds is 8. The van der Waals surface area contributed by atoms with Gasteiger partial charge in [-0.1, -0.05) is 40.5 Å². The van der Waals surface area contributed by atoms with Gasteiger partial charge in [-0.2, -0.15) is 0 Å². The van der Waals surface area contributed by atoms with Gasteiger partial charge in [0.2, 0.25) is 10.0 Å². The Labute approximate surface area is 106 Å². The quantitative estimate of drug-likeness (QED) is 0.702. The van der Waals surface area contributed by atoms with Crippen molar-refractivity contribution in [1.82, 2.24) is 4.72 Å². The molecule has 0 fully saturated rings. The van der Waals surface area contributed by atoms with Crippen molar-refractivity contribution in [3.8, 4) is 0 Å². The number of sulfonamides is 1. The first-order chi connectivity index (χ1) is 7.64. The highest BCUT2D eigenvalue weighted by Gasteiger charge is 2.27. The van der Waals surface area contributed by atoms with Crippen molar-refractivity contribution in [3.63, 3.8) is 0 Å². The Morgan fingerprint density at radius 2 is 1.71 bits per heavy atom. The van der Waals surface area contributed by atoms with E-state index in [1.54, 1.807) is 6.92 Å². The lowest BCUT2D eigenvalue weighted by Crippen LogP contribution is -2.45. The van der Waals surface area contributed by atoms with E-state index in [0.29, 0.717) is 0 Å². The van der Waals surface area contributed by atoms with E-state index in [9.17, 15) is 13.5 Å². The van der Waals surface area contributed by atoms with E-state index < -0.39 is 15.6 Å². The molecule has 5 heteroatoms. The minimum atomic E-state index is -3.28. The first kappa shape index (κ1) is 16.9. The number of hydrogen-bond acceptors (Lipinski definition) is 3. The van der Waals surface area contributed by atoms with Gasteiger partial charge in [0.25, 0.3) is 0 Å². The van der Waals surface area contributed by atoms with Crippen LogP contribution in [0.15, 0.2) is 0 Å². The summed E-state index contributed by atoms with van der Waals surface area (Å²) in [6, 6.07) is 0. The molecular formula is C12H27NO3S. The number of hydrogen-bond donors (Lipinski definition) is 2. The summed E-state index contributed by atoms with van der Waals surface area (Å²) in [6.07, 6.45) is 1.72. The van der Waals surface area contributed by atoms with Crippen LogP contribution in [0.25, 0.3) is 0 Å². The fraction of sp³-hybridized carbons (Fsp3) is 1.00. The monoisotopic (exact) mass is 265 g/mol. The van der Waals surface area contributed by atoms with Crippen LogP contribution in [0.4, 0.5) is 0 Å². The second kappa shape index (κ2) is 6.71. The summed E-state index contributed by atoms with van der Waals surface area (Å²) in [5.74, 6) is 0.351. The normalized spacial score (nSPS) is 16.5. The third-order valence-electron chi connectivity index (χ3n) is 3.50. The molecule has 0 radical (unpaired) electrons. The Bertz CT molecular complexity index is 306. The first-order valence-corrected chi connectivity index (χ1v) is 7.99. The van der Waals surface area contributed by atoms with E-state index in [4.69, 9.17) is 0 Å². The highest BCUT2D eigenvalue weighted by atomic mass is 32.2. The molecule has 2 N–H and O–H groups in total. The molecule has 1 unspecified atom stereocenters. The number of aliphatic hydroxyl groups is 1. The van der Waals surface area contributed by atoms with Crippen LogP contribution in [0.1, 0.15) is 47.5 Å². The molecule has 104 valence electrons. The van der Waals surface area contributed by atoms with Crippen molar-refractivity contribution in [2.45, 2.75) is 53.1 Å². The lowest BCUT2D eigenvalue weighted by molar-refractivity contribution is 0.0190. The fourth-order valence-electron chi connectivity index (χ4n) is 1.35. The van der Waals surface area contributed by atoms with E-state index in [1.807, 2.05) is 27.7 Å². The molecule has 0 amide bonds. The molecule has 0 aromatic carbocycles. The summed E-state index contributed by atoms with van der Waals surface area (Å²) < 4.78 is 26.1. The molecule has 0 saturated carbocycles. The van der Waals surface area contributed by atoms with Crippen molar-refractivity contribution in [2.75, 3.05) is 12.3 Å². The van der Waals surface area contributed by atoms with E-state index in [2.05, 4.69) is 4.72 Å². The van der Waals surface area contributed by atoms with Crippen molar-refractivity contribution in [3.05, 3.63) is 0 Å². The Morgan fingerprint density at radius 1 is 1.24 bits per heavy atom. The van der Waals surface area contributed by atoms with Crippen LogP contribution >= 0.6 is 0 Å². The molecule has 0 aliphatic carbocycles. The fourth-order valence-corrected chi connectivity index (χ4v) is 3.08. The third-order valence-corrected chi connectivity index (χ3v) is 5.00. The van der Waals surface area contributed by atoms with E-state index in [-0.39, 0.29) is 24.1 Å². The van der Waals surface area contributed by atoms with Gasteiger partial charge < -0.3 is 5.11 Å². The summed E-state index contributed by atoms with van der Waals surface area (Å²) >= 11 is 0. The average Bonchev–Trinajstić information content (AvgIpc) is 2.23. The predicted octanol–water partition coefficient (Wildman–Crippen LogP) is 1.75. The Balaban J connectivity index is 4.38. The summed E-state index contributed by atoms with van der Waals surface area (Å²) in [6.45, 7) is 9.46. The molecule has 0 aliphatic rings. The SMILES string of the molecule is CCC(CC)CS(=O)(=O)NCC(C)(O)C(C)C. The molecule has 0 bridgehead atoms. The van der Waals surface area contributed by atoms with Crippen molar-refractivity contribution in [1.29, 1.82) is 0 Å². The lowest BCUT2D eigenvalue weighted by Gasteiger charge is -2.28. The molecule has 0 aromatic rings. The first-order valence-electron chi connectivity index (χ1n) is 6.34. The van der Waals surface area contributed by atoms with Crippen LogP contribution in [-0.4, -0.2) is 31.4 Å². The van der Waals surface area contributed by atoms with Gasteiger partial charge in [0.1, 0.15) is 0 Å². The van der Waals surface area contributed by atoms with Crippen LogP contribution < -0.4 is 4.72 Å². The maximum Gasteiger partial charge on any atom is 0.211 e. The van der Waals surface area contributed by atoms with E-state index in [1.165, 1.54) is 0 Å². The second-order valence-electron chi connectivity index (χ2n) is 5.30. The van der Waals surface area contributed by atoms with Crippen LogP contribution in [0.5, 0.6) is 0 Å². The Hall–Kier alpha value is -0.130. The Kier molecular flexibility index (Phi) is 6.66. The van der Waals surface area contributed by atoms with Gasteiger partial charge >= 0.3 is 0 Å². The predicted molar refractivity (Wildman–Crippen MR) is 71.3 cm³/mol. The smallest absolute Gasteiger partial charge is 0.211 e. The van der Waals surface area contributed by atoms with Gasteiger partial charge in [-0.05, 0) is 18.8 Å². The summed E-state index contributed by atoms with van der Waals surface area (Å²) in [4.78, 5) is 0. The van der Waals surface area contributed by atoms with Gasteiger partial charge in [-0.3, -0.25) is 0 Å². The zero-order chi connectivity index (χ0) is 13.7. The standard InChI is InChI=1S/C12H27NO3S/c1-6-11(7-2)8-17(15,16)13-9-12(5,14)10(3)4/h10-11,13-14H,6-9H2,1-5H3. The van der Waals surface area contributed by atoms with Crippen LogP contribution in [0, 0.1) is 11.8 Å². The molecular weight excluding hydrogens is 238 g/mol. The van der Waals surface area contributed by atoms with Crippen molar-refractivity contribution < 1.29 is 13.5 Å². The van der Waals surface area contributed by atoms with Crippen molar-refractivity contribution >= 4 is 10.0 Å². The zero-order valence-electron chi connectivity index (χ0n) is 11.7. The highest BCUT2D eigenvalue weighted by Crippen LogP contribution is 2.16. The lowest BCUT2D eigenvalue weighted by atomic mass is 9.93. The molecule has 0 spiro atoms. The third kappa shape index (κ3) is 6.38. The highest BCUT2D eigenvalue weighted by molar-refractivity contribution is 7.89. The van der Waals surface area contributed by atoms with Gasteiger partial charge in [0.15, 0.2) is 0 Å². The summed E-state index contributed by atoms with van der Waals surface area (Å²) in [5.41, 5.74) is -0.999. The molecule has 0 aromatic heterocycles. The van der Waals surface area contributed by atoms with Crippen LogP contribution in [-0.2, 0) is 10.0 Å². The molecule has 4 nitrogen and oxygen atoms in total. The molecule has 17 heavy (non-hydrogen) atoms. The topological polar surface area (TPSA) is 66.4 Å². The molecule has 1 atom stereocenters. The molecule has 0 aliphatic heterocycles. The van der Waals surface area contributed by atoms with Crippen LogP contribution in [0.3, 0.4) is 0 Å². The Morgan fingerprint density at radius 3 is 2.06 bits per heavy atom. The summed E-state index contributed by atoms with van der Waals surface area (Å²) in [5, 5.41) is 9.98.